The molecule has 3 saturated heterocycles. The Morgan fingerprint density at radius 1 is 0.806 bits per heavy atom. The number of halogens is 2. The molecular formula is C52H57F2N9O9. The minimum atomic E-state index is -1.04. The van der Waals surface area contributed by atoms with Gasteiger partial charge in [-0.25, -0.2) is 8.78 Å². The van der Waals surface area contributed by atoms with E-state index < -0.39 is 41.3 Å². The van der Waals surface area contributed by atoms with Crippen molar-refractivity contribution in [2.75, 3.05) is 99.8 Å². The fourth-order valence-corrected chi connectivity index (χ4v) is 9.60. The van der Waals surface area contributed by atoms with Gasteiger partial charge in [-0.2, -0.15) is 5.10 Å². The van der Waals surface area contributed by atoms with E-state index in [1.807, 2.05) is 36.4 Å². The number of carbonyl (C=O) groups is 6. The number of carbonyl (C=O) groups excluding carboxylic acids is 6. The van der Waals surface area contributed by atoms with Crippen molar-refractivity contribution in [3.63, 3.8) is 0 Å². The number of benzene rings is 4. The highest BCUT2D eigenvalue weighted by atomic mass is 19.1. The van der Waals surface area contributed by atoms with Crippen molar-refractivity contribution in [3.8, 4) is 0 Å². The highest BCUT2D eigenvalue weighted by molar-refractivity contribution is 6.25. The first-order valence-electron chi connectivity index (χ1n) is 24.4. The van der Waals surface area contributed by atoms with E-state index in [0.717, 1.165) is 35.1 Å². The molecule has 4 aliphatic heterocycles. The minimum absolute atomic E-state index is 0.0459. The number of hydrogen-bond donors (Lipinski definition) is 5. The van der Waals surface area contributed by atoms with E-state index >= 15 is 0 Å². The summed E-state index contributed by atoms with van der Waals surface area (Å²) < 4.78 is 44.8. The van der Waals surface area contributed by atoms with Crippen molar-refractivity contribution in [1.82, 2.24) is 25.3 Å². The number of piperazine rings is 1. The lowest BCUT2D eigenvalue weighted by molar-refractivity contribution is -0.136. The zero-order valence-corrected chi connectivity index (χ0v) is 39.7. The molecule has 0 spiro atoms. The van der Waals surface area contributed by atoms with Gasteiger partial charge in [0.2, 0.25) is 11.8 Å². The summed E-state index contributed by atoms with van der Waals surface area (Å²) in [6.07, 6.45) is 3.00. The van der Waals surface area contributed by atoms with Crippen molar-refractivity contribution in [2.45, 2.75) is 57.0 Å². The lowest BCUT2D eigenvalue weighted by Crippen LogP contribution is -2.54. The van der Waals surface area contributed by atoms with Gasteiger partial charge in [0.1, 0.15) is 23.5 Å². The fraction of sp³-hybridized carbons (Fsp3) is 0.404. The predicted molar refractivity (Wildman–Crippen MR) is 263 cm³/mol. The number of anilines is 4. The van der Waals surface area contributed by atoms with Crippen LogP contribution in [0.1, 0.15) is 80.7 Å². The van der Waals surface area contributed by atoms with Gasteiger partial charge in [-0.15, -0.1) is 0 Å². The van der Waals surface area contributed by atoms with Gasteiger partial charge in [0.15, 0.2) is 5.82 Å². The maximum atomic E-state index is 14.0. The Hall–Kier alpha value is -7.13. The number of piperidine rings is 1. The summed E-state index contributed by atoms with van der Waals surface area (Å²) >= 11 is 0. The van der Waals surface area contributed by atoms with Gasteiger partial charge < -0.3 is 35.1 Å². The molecule has 5 N–H and O–H groups in total. The number of H-pyrrole nitrogens is 1. The SMILES string of the molecule is O=C(CCCOCCOCCNc1cccc2c1C(=O)N(C1CCC(=O)NC1=O)C2=O)CN1CCN(c2ccc(C(=O)Nc3n[nH]c4ccc(Cc5cc(F)cc(F)c5)cc34)c(NC3CCOCC3)c2)CC1. The number of nitrogens with one attached hydrogen (secondary N) is 5. The summed E-state index contributed by atoms with van der Waals surface area (Å²) in [4.78, 5) is 82.7. The van der Waals surface area contributed by atoms with E-state index in [2.05, 4.69) is 41.3 Å². The van der Waals surface area contributed by atoms with Crippen LogP contribution in [0.3, 0.4) is 0 Å². The van der Waals surface area contributed by atoms with Gasteiger partial charge in [-0.05, 0) is 97.8 Å². The highest BCUT2D eigenvalue weighted by Crippen LogP contribution is 2.33. The van der Waals surface area contributed by atoms with E-state index in [-0.39, 0.29) is 41.7 Å². The third kappa shape index (κ3) is 12.0. The number of fused-ring (bicyclic) bond motifs is 2. The fourth-order valence-electron chi connectivity index (χ4n) is 9.60. The number of ether oxygens (including phenoxy) is 3. The Bertz CT molecular complexity index is 2830. The van der Waals surface area contributed by atoms with Crippen LogP contribution in [-0.4, -0.2) is 146 Å². The molecule has 0 radical (unpaired) electrons. The predicted octanol–water partition coefficient (Wildman–Crippen LogP) is 5.29. The molecule has 4 aliphatic rings. The molecule has 0 saturated carbocycles. The van der Waals surface area contributed by atoms with Crippen molar-refractivity contribution in [2.24, 2.45) is 0 Å². The smallest absolute Gasteiger partial charge is 0.264 e. The van der Waals surface area contributed by atoms with Gasteiger partial charge in [0, 0.05) is 99.9 Å². The number of hydrogen-bond acceptors (Lipinski definition) is 14. The molecule has 1 unspecified atom stereocenters. The summed E-state index contributed by atoms with van der Waals surface area (Å²) in [5, 5.41) is 20.0. The molecule has 5 amide bonds. The number of rotatable bonds is 21. The Balaban J connectivity index is 0.692. The molecule has 9 rings (SSSR count). The molecular weight excluding hydrogens is 933 g/mol. The second-order valence-corrected chi connectivity index (χ2v) is 18.4. The quantitative estimate of drug-likeness (QED) is 0.0467. The van der Waals surface area contributed by atoms with Crippen LogP contribution in [-0.2, 0) is 35.0 Å². The molecule has 1 aromatic heterocycles. The molecule has 3 fully saturated rings. The number of nitrogens with zero attached hydrogens (tertiary/aromatic N) is 4. The molecule has 4 aromatic carbocycles. The van der Waals surface area contributed by atoms with Crippen molar-refractivity contribution in [1.29, 1.82) is 0 Å². The Morgan fingerprint density at radius 3 is 2.36 bits per heavy atom. The van der Waals surface area contributed by atoms with Crippen LogP contribution in [0, 0.1) is 11.6 Å². The molecule has 378 valence electrons. The first-order chi connectivity index (χ1) is 35.0. The van der Waals surface area contributed by atoms with Gasteiger partial charge in [0.05, 0.1) is 48.6 Å². The number of amides is 5. The maximum absolute atomic E-state index is 14.0. The molecule has 20 heteroatoms. The van der Waals surface area contributed by atoms with Crippen LogP contribution in [0.4, 0.5) is 31.7 Å². The zero-order chi connectivity index (χ0) is 50.1. The zero-order valence-electron chi connectivity index (χ0n) is 39.7. The van der Waals surface area contributed by atoms with E-state index in [0.29, 0.717) is 137 Å². The van der Waals surface area contributed by atoms with Crippen LogP contribution in [0.5, 0.6) is 0 Å². The van der Waals surface area contributed by atoms with Crippen molar-refractivity contribution >= 4 is 69.1 Å². The summed E-state index contributed by atoms with van der Waals surface area (Å²) in [6.45, 7) is 6.13. The second kappa shape index (κ2) is 23.0. The Kier molecular flexibility index (Phi) is 15.9. The Labute approximate surface area is 414 Å². The lowest BCUT2D eigenvalue weighted by atomic mass is 10.0. The van der Waals surface area contributed by atoms with Crippen LogP contribution < -0.4 is 26.2 Å². The average Bonchev–Trinajstić information content (AvgIpc) is 3.88. The van der Waals surface area contributed by atoms with E-state index in [9.17, 15) is 37.5 Å². The summed E-state index contributed by atoms with van der Waals surface area (Å²) in [5.41, 5.74) is 4.94. The number of Topliss-reactive ketones (excluding diaryl/α,β-unsaturated/α-hetero) is 1. The standard InChI is InChI=1S/C52H57F2N9O9/c53-34-26-33(27-35(54)29-34)25-32-6-9-42-41(28-32)48(60-59-42)58-49(66)39-8-7-37(30-44(39)56-36-12-20-71-21-13-36)62-17-15-61(16-18-62)31-38(64)3-2-19-70-23-24-72-22-14-55-43-5-1-4-40-47(43)52(69)63(51(40)68)45-10-11-46(65)57-50(45)67/h1,4-9,26-30,36,45,55-56H,2-3,10-25,31H2,(H,57,65,67)(H2,58,59,60,66). The van der Waals surface area contributed by atoms with Crippen LogP contribution in [0.2, 0.25) is 0 Å². The number of aromatic nitrogens is 2. The molecule has 0 bridgehead atoms. The number of aromatic amines is 1. The van der Waals surface area contributed by atoms with Gasteiger partial charge in [-0.1, -0.05) is 12.1 Å². The Morgan fingerprint density at radius 2 is 1.58 bits per heavy atom. The normalized spacial score (nSPS) is 17.6. The topological polar surface area (TPSA) is 217 Å². The molecule has 0 aliphatic carbocycles. The third-order valence-electron chi connectivity index (χ3n) is 13.3. The van der Waals surface area contributed by atoms with E-state index in [1.54, 1.807) is 18.2 Å². The first kappa shape index (κ1) is 49.8. The minimum Gasteiger partial charge on any atom is -0.382 e. The number of imide groups is 2. The van der Waals surface area contributed by atoms with Crippen LogP contribution in [0.15, 0.2) is 72.8 Å². The van der Waals surface area contributed by atoms with Crippen LogP contribution in [0.25, 0.3) is 10.9 Å². The van der Waals surface area contributed by atoms with E-state index in [4.69, 9.17) is 14.2 Å². The first-order valence-corrected chi connectivity index (χ1v) is 24.4. The maximum Gasteiger partial charge on any atom is 0.264 e. The number of ketones is 1. The monoisotopic (exact) mass is 989 g/mol. The highest BCUT2D eigenvalue weighted by Gasteiger charge is 2.45. The largest absolute Gasteiger partial charge is 0.382 e. The van der Waals surface area contributed by atoms with Gasteiger partial charge in [-0.3, -0.25) is 49.0 Å². The van der Waals surface area contributed by atoms with Gasteiger partial charge in [0.25, 0.3) is 17.7 Å². The van der Waals surface area contributed by atoms with E-state index in [1.165, 1.54) is 12.1 Å². The van der Waals surface area contributed by atoms with Crippen molar-refractivity contribution in [3.05, 3.63) is 112 Å². The summed E-state index contributed by atoms with van der Waals surface area (Å²) in [5.74, 6) is -3.39. The van der Waals surface area contributed by atoms with Crippen LogP contribution >= 0.6 is 0 Å². The molecule has 5 heterocycles. The summed E-state index contributed by atoms with van der Waals surface area (Å²) in [7, 11) is 0. The molecule has 1 atom stereocenters. The molecule has 72 heavy (non-hydrogen) atoms. The average molecular weight is 990 g/mol. The summed E-state index contributed by atoms with van der Waals surface area (Å²) in [6, 6.07) is 18.7. The van der Waals surface area contributed by atoms with Crippen molar-refractivity contribution < 1.29 is 51.8 Å². The molecule has 5 aromatic rings. The van der Waals surface area contributed by atoms with Gasteiger partial charge >= 0.3 is 0 Å². The molecule has 18 nitrogen and oxygen atoms in total. The lowest BCUT2D eigenvalue weighted by Gasteiger charge is -2.36. The second-order valence-electron chi connectivity index (χ2n) is 18.4. The third-order valence-corrected chi connectivity index (χ3v) is 13.3.